The minimum atomic E-state index is -0.803. The first kappa shape index (κ1) is 7.17. The molecule has 0 atom stereocenters. The van der Waals surface area contributed by atoms with Crippen molar-refractivity contribution in [2.24, 2.45) is 0 Å². The fraction of sp³-hybridized carbons (Fsp3) is 0.600. The normalized spacial score (nSPS) is 13.6. The van der Waals surface area contributed by atoms with Crippen LogP contribution in [0.3, 0.4) is 0 Å². The molecule has 0 fully saturated rings. The number of hydrogen-bond donors (Lipinski definition) is 0. The van der Waals surface area contributed by atoms with Crippen LogP contribution < -0.4 is 0 Å². The first-order valence-electron chi connectivity index (χ1n) is 2.70. The lowest BCUT2D eigenvalue weighted by Crippen LogP contribution is -2.15. The molecule has 7 heavy (non-hydrogen) atoms. The summed E-state index contributed by atoms with van der Waals surface area (Å²) in [7, 11) is 0.421. The van der Waals surface area contributed by atoms with Gasteiger partial charge in [-0.2, -0.15) is 0 Å². The van der Waals surface area contributed by atoms with Crippen molar-refractivity contribution in [3.8, 4) is 0 Å². The lowest BCUT2D eigenvalue weighted by molar-refractivity contribution is 1.78. The first-order valence-corrected chi connectivity index (χ1v) is 7.43. The van der Waals surface area contributed by atoms with Crippen molar-refractivity contribution in [2.45, 2.75) is 19.6 Å². The van der Waals surface area contributed by atoms with E-state index in [1.807, 2.05) is 0 Å². The highest BCUT2D eigenvalue weighted by Crippen LogP contribution is 1.99. The van der Waals surface area contributed by atoms with Crippen LogP contribution in [0.2, 0.25) is 19.6 Å². The summed E-state index contributed by atoms with van der Waals surface area (Å²) in [5, 5.41) is 0. The van der Waals surface area contributed by atoms with Gasteiger partial charge in [-0.15, -0.1) is 11.4 Å². The monoisotopic (exact) mass is 130 g/mol. The molecule has 0 bridgehead atoms. The second-order valence-electron chi connectivity index (χ2n) is 2.87. The fourth-order valence-electron chi connectivity index (χ4n) is 0.500. The van der Waals surface area contributed by atoms with Crippen LogP contribution in [0.4, 0.5) is 0 Å². The predicted molar refractivity (Wildman–Crippen MR) is 42.4 cm³/mol. The van der Waals surface area contributed by atoms with Crippen molar-refractivity contribution in [1.82, 2.24) is 0 Å². The molecule has 0 amide bonds. The molecule has 0 aliphatic rings. The van der Waals surface area contributed by atoms with Crippen LogP contribution in [-0.4, -0.2) is 18.3 Å². The van der Waals surface area contributed by atoms with Gasteiger partial charge in [-0.1, -0.05) is 19.6 Å². The van der Waals surface area contributed by atoms with Crippen LogP contribution in [0, 0.1) is 0 Å². The molecule has 0 saturated carbocycles. The Morgan fingerprint density at radius 2 is 1.71 bits per heavy atom. The van der Waals surface area contributed by atoms with Crippen molar-refractivity contribution in [2.75, 3.05) is 0 Å². The van der Waals surface area contributed by atoms with Crippen molar-refractivity contribution in [3.63, 3.8) is 0 Å². The zero-order valence-electron chi connectivity index (χ0n) is 5.65. The van der Waals surface area contributed by atoms with E-state index in [1.165, 1.54) is 10.2 Å². The van der Waals surface area contributed by atoms with Crippen molar-refractivity contribution in [1.29, 1.82) is 0 Å². The van der Waals surface area contributed by atoms with Crippen molar-refractivity contribution < 1.29 is 0 Å². The van der Waals surface area contributed by atoms with Crippen LogP contribution >= 0.6 is 0 Å². The van der Waals surface area contributed by atoms with Gasteiger partial charge in [0, 0.05) is 10.2 Å². The Labute approximate surface area is 50.1 Å². The topological polar surface area (TPSA) is 0 Å². The van der Waals surface area contributed by atoms with E-state index in [-0.39, 0.29) is 0 Å². The molecule has 0 saturated heterocycles. The minimum absolute atomic E-state index is 0.803. The molecule has 0 aromatic heterocycles. The highest BCUT2D eigenvalue weighted by atomic mass is 28.3. The summed E-state index contributed by atoms with van der Waals surface area (Å²) in [6.07, 6.45) is 0. The zero-order chi connectivity index (χ0) is 5.91. The molecule has 0 aliphatic heterocycles. The minimum Gasteiger partial charge on any atom is -0.113 e. The Hall–Kier alpha value is 0.174. The number of hydrogen-bond acceptors (Lipinski definition) is 0. The molecule has 42 valence electrons. The summed E-state index contributed by atoms with van der Waals surface area (Å²) in [4.78, 5) is 0. The summed E-state index contributed by atoms with van der Waals surface area (Å²) in [6.45, 7) is 7.05. The van der Waals surface area contributed by atoms with Gasteiger partial charge in [0.1, 0.15) is 0 Å². The van der Waals surface area contributed by atoms with Crippen LogP contribution in [0.25, 0.3) is 0 Å². The van der Waals surface area contributed by atoms with Gasteiger partial charge in [-0.3, -0.25) is 0 Å². The van der Waals surface area contributed by atoms with Gasteiger partial charge in [0.25, 0.3) is 0 Å². The fourth-order valence-corrected chi connectivity index (χ4v) is 4.50. The van der Waals surface area contributed by atoms with E-state index in [1.54, 1.807) is 0 Å². The van der Waals surface area contributed by atoms with Gasteiger partial charge in [0.05, 0.1) is 8.07 Å². The Balaban J connectivity index is 3.56. The summed E-state index contributed by atoms with van der Waals surface area (Å²) in [5.74, 6) is 0. The van der Waals surface area contributed by atoms with Gasteiger partial charge in [-0.05, 0) is 0 Å². The quantitative estimate of drug-likeness (QED) is 0.459. The summed E-state index contributed by atoms with van der Waals surface area (Å²) < 4.78 is 0. The van der Waals surface area contributed by atoms with E-state index in [9.17, 15) is 0 Å². The van der Waals surface area contributed by atoms with E-state index < -0.39 is 8.07 Å². The molecule has 0 nitrogen and oxygen atoms in total. The molecular weight excluding hydrogens is 116 g/mol. The SMILES string of the molecule is C[Si](C)(C)/C=C/[SiH3]. The third-order valence-corrected chi connectivity index (χ3v) is 3.00. The maximum atomic E-state index is 2.39. The molecule has 0 rings (SSSR count). The van der Waals surface area contributed by atoms with E-state index >= 15 is 0 Å². The number of rotatable bonds is 1. The van der Waals surface area contributed by atoms with Gasteiger partial charge < -0.3 is 0 Å². The Kier molecular flexibility index (Phi) is 2.53. The molecular formula is C5H14Si2. The average Bonchev–Trinajstić information content (AvgIpc) is 1.30. The van der Waals surface area contributed by atoms with Crippen LogP contribution in [0.15, 0.2) is 11.4 Å². The van der Waals surface area contributed by atoms with Crippen LogP contribution in [0.5, 0.6) is 0 Å². The molecule has 0 unspecified atom stereocenters. The molecule has 2 heteroatoms. The van der Waals surface area contributed by atoms with Crippen LogP contribution in [0.1, 0.15) is 0 Å². The molecule has 0 aromatic carbocycles. The summed E-state index contributed by atoms with van der Waals surface area (Å²) in [5.41, 5.74) is 4.67. The van der Waals surface area contributed by atoms with Crippen LogP contribution in [-0.2, 0) is 0 Å². The lowest BCUT2D eigenvalue weighted by Gasteiger charge is -2.06. The summed E-state index contributed by atoms with van der Waals surface area (Å²) in [6, 6.07) is 0. The third kappa shape index (κ3) is 6.17. The molecule has 0 aliphatic carbocycles. The highest BCUT2D eigenvalue weighted by molar-refractivity contribution is 6.81. The smallest absolute Gasteiger partial charge is 0.0677 e. The second-order valence-corrected chi connectivity index (χ2v) is 8.60. The third-order valence-electron chi connectivity index (χ3n) is 0.667. The van der Waals surface area contributed by atoms with Gasteiger partial charge in [0.15, 0.2) is 0 Å². The molecule has 0 N–H and O–H groups in total. The molecule has 0 spiro atoms. The van der Waals surface area contributed by atoms with E-state index in [2.05, 4.69) is 31.0 Å². The second kappa shape index (κ2) is 2.47. The van der Waals surface area contributed by atoms with E-state index in [0.29, 0.717) is 0 Å². The van der Waals surface area contributed by atoms with Gasteiger partial charge >= 0.3 is 0 Å². The first-order chi connectivity index (χ1) is 3.06. The van der Waals surface area contributed by atoms with Crippen molar-refractivity contribution in [3.05, 3.63) is 11.4 Å². The molecule has 0 aromatic rings. The predicted octanol–water partition coefficient (Wildman–Crippen LogP) is 0.743. The Morgan fingerprint density at radius 3 is 1.71 bits per heavy atom. The van der Waals surface area contributed by atoms with Crippen molar-refractivity contribution >= 4 is 18.3 Å². The lowest BCUT2D eigenvalue weighted by atomic mass is 11.2. The Bertz CT molecular complexity index is 68.6. The maximum absolute atomic E-state index is 2.39. The molecule has 0 radical (unpaired) electrons. The highest BCUT2D eigenvalue weighted by Gasteiger charge is 2.04. The van der Waals surface area contributed by atoms with Gasteiger partial charge in [-0.25, -0.2) is 0 Å². The zero-order valence-corrected chi connectivity index (χ0v) is 8.65. The maximum Gasteiger partial charge on any atom is 0.0677 e. The summed E-state index contributed by atoms with van der Waals surface area (Å²) >= 11 is 0. The van der Waals surface area contributed by atoms with E-state index in [0.717, 1.165) is 0 Å². The molecule has 0 heterocycles. The van der Waals surface area contributed by atoms with E-state index in [4.69, 9.17) is 0 Å². The van der Waals surface area contributed by atoms with Gasteiger partial charge in [0.2, 0.25) is 0 Å². The standard InChI is InChI=1S/C5H14Si2/c1-7(2,3)5-4-6/h4-5H,1-3,6H3/b5-4+. The Morgan fingerprint density at radius 1 is 1.29 bits per heavy atom. The largest absolute Gasteiger partial charge is 0.113 e. The average molecular weight is 130 g/mol.